The molecule has 2 rings (SSSR count). The fourth-order valence-corrected chi connectivity index (χ4v) is 4.77. The van der Waals surface area contributed by atoms with Gasteiger partial charge in [-0.3, -0.25) is 0 Å². The van der Waals surface area contributed by atoms with Gasteiger partial charge >= 0.3 is 0 Å². The van der Waals surface area contributed by atoms with Crippen molar-refractivity contribution in [3.63, 3.8) is 0 Å². The molecular weight excluding hydrogens is 290 g/mol. The number of hydrogen-bond donors (Lipinski definition) is 1. The van der Waals surface area contributed by atoms with Crippen LogP contribution in [0.2, 0.25) is 0 Å². The van der Waals surface area contributed by atoms with Crippen LogP contribution < -0.4 is 5.32 Å². The van der Waals surface area contributed by atoms with Crippen LogP contribution >= 0.6 is 0 Å². The van der Waals surface area contributed by atoms with Gasteiger partial charge in [0.25, 0.3) is 0 Å². The van der Waals surface area contributed by atoms with Gasteiger partial charge in [-0.05, 0) is 40.9 Å². The van der Waals surface area contributed by atoms with E-state index in [9.17, 15) is 8.42 Å². The van der Waals surface area contributed by atoms with Gasteiger partial charge in [0.05, 0.1) is 6.54 Å². The van der Waals surface area contributed by atoms with Crippen molar-refractivity contribution in [1.29, 1.82) is 0 Å². The summed E-state index contributed by atoms with van der Waals surface area (Å²) in [6.45, 7) is 3.58. The first-order chi connectivity index (χ1) is 9.86. The maximum Gasteiger partial charge on any atom is 0.246 e. The Hall–Kier alpha value is -0.890. The number of furan rings is 1. The minimum absolute atomic E-state index is 0.0482. The molecule has 0 aromatic carbocycles. The highest BCUT2D eigenvalue weighted by atomic mass is 32.2. The highest BCUT2D eigenvalue weighted by Crippen LogP contribution is 2.29. The number of rotatable bonds is 6. The Morgan fingerprint density at radius 3 is 2.81 bits per heavy atom. The van der Waals surface area contributed by atoms with Crippen LogP contribution in [0.1, 0.15) is 24.4 Å². The second-order valence-corrected chi connectivity index (χ2v) is 7.70. The predicted molar refractivity (Wildman–Crippen MR) is 81.7 cm³/mol. The summed E-state index contributed by atoms with van der Waals surface area (Å²) in [7, 11) is 2.27. The molecule has 0 saturated carbocycles. The molecule has 0 radical (unpaired) electrons. The Labute approximate surface area is 127 Å². The lowest BCUT2D eigenvalue weighted by Crippen LogP contribution is -2.41. The van der Waals surface area contributed by atoms with Crippen LogP contribution in [0.15, 0.2) is 15.4 Å². The van der Waals surface area contributed by atoms with Gasteiger partial charge in [0.15, 0.2) is 0 Å². The zero-order chi connectivity index (χ0) is 15.6. The Morgan fingerprint density at radius 2 is 2.19 bits per heavy atom. The fraction of sp³-hybridized carbons (Fsp3) is 0.714. The molecule has 1 unspecified atom stereocenters. The lowest BCUT2D eigenvalue weighted by atomic mass is 10.2. The molecule has 0 spiro atoms. The largest absolute Gasteiger partial charge is 0.464 e. The highest BCUT2D eigenvalue weighted by molar-refractivity contribution is 7.89. The molecule has 7 heteroatoms. The number of nitrogens with one attached hydrogen (secondary N) is 1. The van der Waals surface area contributed by atoms with E-state index in [1.807, 2.05) is 19.0 Å². The third-order valence-electron chi connectivity index (χ3n) is 3.76. The average molecular weight is 315 g/mol. The van der Waals surface area contributed by atoms with Gasteiger partial charge < -0.3 is 14.6 Å². The lowest BCUT2D eigenvalue weighted by molar-refractivity contribution is 0.291. The van der Waals surface area contributed by atoms with E-state index in [-0.39, 0.29) is 6.04 Å². The maximum absolute atomic E-state index is 12.9. The van der Waals surface area contributed by atoms with E-state index < -0.39 is 10.0 Å². The van der Waals surface area contributed by atoms with Crippen molar-refractivity contribution in [1.82, 2.24) is 14.5 Å². The SMILES string of the molecule is CNCc1cc(S(=O)(=O)N2CCCC2CN(C)C)c(C)o1. The van der Waals surface area contributed by atoms with Crippen LogP contribution in [0.4, 0.5) is 0 Å². The zero-order valence-electron chi connectivity index (χ0n) is 13.2. The molecule has 1 aromatic heterocycles. The molecule has 1 aliphatic rings. The molecule has 1 aromatic rings. The minimum Gasteiger partial charge on any atom is -0.464 e. The molecule has 0 aliphatic carbocycles. The zero-order valence-corrected chi connectivity index (χ0v) is 14.0. The Balaban J connectivity index is 2.28. The van der Waals surface area contributed by atoms with Gasteiger partial charge in [-0.2, -0.15) is 4.31 Å². The molecule has 0 amide bonds. The van der Waals surface area contributed by atoms with E-state index in [0.29, 0.717) is 29.5 Å². The molecular formula is C14H25N3O3S. The van der Waals surface area contributed by atoms with Crippen molar-refractivity contribution in [2.24, 2.45) is 0 Å². The Bertz CT molecular complexity index is 580. The normalized spacial score (nSPS) is 20.5. The molecule has 1 fully saturated rings. The molecule has 21 heavy (non-hydrogen) atoms. The Morgan fingerprint density at radius 1 is 1.48 bits per heavy atom. The fourth-order valence-electron chi connectivity index (χ4n) is 2.90. The van der Waals surface area contributed by atoms with Crippen LogP contribution in [-0.4, -0.2) is 57.9 Å². The summed E-state index contributed by atoms with van der Waals surface area (Å²) in [6.07, 6.45) is 1.83. The van der Waals surface area contributed by atoms with Gasteiger partial charge in [0.2, 0.25) is 10.0 Å². The van der Waals surface area contributed by atoms with Gasteiger partial charge in [0.1, 0.15) is 16.4 Å². The van der Waals surface area contributed by atoms with Crippen molar-refractivity contribution in [3.8, 4) is 0 Å². The summed E-state index contributed by atoms with van der Waals surface area (Å²) >= 11 is 0. The first-order valence-electron chi connectivity index (χ1n) is 7.26. The molecule has 2 heterocycles. The minimum atomic E-state index is -3.48. The number of aryl methyl sites for hydroxylation is 1. The van der Waals surface area contributed by atoms with Gasteiger partial charge in [0, 0.05) is 25.2 Å². The summed E-state index contributed by atoms with van der Waals surface area (Å²) < 4.78 is 33.0. The molecule has 1 aliphatic heterocycles. The third kappa shape index (κ3) is 3.48. The van der Waals surface area contributed by atoms with Crippen LogP contribution in [0.25, 0.3) is 0 Å². The van der Waals surface area contributed by atoms with Crippen LogP contribution in [-0.2, 0) is 16.6 Å². The van der Waals surface area contributed by atoms with Crippen molar-refractivity contribution in [2.75, 3.05) is 34.2 Å². The Kier molecular flexibility index (Phi) is 5.08. The molecule has 6 nitrogen and oxygen atoms in total. The average Bonchev–Trinajstić information content (AvgIpc) is 2.96. The first kappa shape index (κ1) is 16.5. The lowest BCUT2D eigenvalue weighted by Gasteiger charge is -2.26. The number of hydrogen-bond acceptors (Lipinski definition) is 5. The van der Waals surface area contributed by atoms with E-state index in [1.54, 1.807) is 24.3 Å². The number of likely N-dealkylation sites (N-methyl/N-ethyl adjacent to an activating group) is 1. The summed E-state index contributed by atoms with van der Waals surface area (Å²) in [5.41, 5.74) is 0. The van der Waals surface area contributed by atoms with E-state index in [1.165, 1.54) is 0 Å². The smallest absolute Gasteiger partial charge is 0.246 e. The van der Waals surface area contributed by atoms with E-state index in [4.69, 9.17) is 4.42 Å². The first-order valence-corrected chi connectivity index (χ1v) is 8.70. The molecule has 1 saturated heterocycles. The topological polar surface area (TPSA) is 65.8 Å². The third-order valence-corrected chi connectivity index (χ3v) is 5.82. The van der Waals surface area contributed by atoms with E-state index in [2.05, 4.69) is 5.32 Å². The number of nitrogens with zero attached hydrogens (tertiary/aromatic N) is 2. The van der Waals surface area contributed by atoms with Crippen molar-refractivity contribution in [3.05, 3.63) is 17.6 Å². The summed E-state index contributed by atoms with van der Waals surface area (Å²) in [5.74, 6) is 1.12. The van der Waals surface area contributed by atoms with E-state index in [0.717, 1.165) is 19.4 Å². The summed E-state index contributed by atoms with van der Waals surface area (Å²) in [5, 5.41) is 2.97. The maximum atomic E-state index is 12.9. The second kappa shape index (κ2) is 6.48. The van der Waals surface area contributed by atoms with Crippen LogP contribution in [0, 0.1) is 6.92 Å². The van der Waals surface area contributed by atoms with Crippen molar-refractivity contribution in [2.45, 2.75) is 37.2 Å². The molecule has 120 valence electrons. The predicted octanol–water partition coefficient (Wildman–Crippen LogP) is 1.02. The molecule has 0 bridgehead atoms. The second-order valence-electron chi connectivity index (χ2n) is 5.84. The van der Waals surface area contributed by atoms with Gasteiger partial charge in [-0.15, -0.1) is 0 Å². The number of sulfonamides is 1. The summed E-state index contributed by atoms with van der Waals surface area (Å²) in [4.78, 5) is 2.34. The molecule has 1 N–H and O–H groups in total. The van der Waals surface area contributed by atoms with Crippen LogP contribution in [0.5, 0.6) is 0 Å². The standard InChI is InChI=1S/C14H25N3O3S/c1-11-14(8-13(20-11)9-15-2)21(18,19)17-7-5-6-12(17)10-16(3)4/h8,12,15H,5-7,9-10H2,1-4H3. The van der Waals surface area contributed by atoms with Gasteiger partial charge in [-0.1, -0.05) is 0 Å². The monoisotopic (exact) mass is 315 g/mol. The van der Waals surface area contributed by atoms with E-state index >= 15 is 0 Å². The van der Waals surface area contributed by atoms with Crippen molar-refractivity contribution < 1.29 is 12.8 Å². The van der Waals surface area contributed by atoms with Crippen molar-refractivity contribution >= 4 is 10.0 Å². The highest BCUT2D eigenvalue weighted by Gasteiger charge is 2.37. The van der Waals surface area contributed by atoms with Crippen LogP contribution in [0.3, 0.4) is 0 Å². The molecule has 1 atom stereocenters. The quantitative estimate of drug-likeness (QED) is 0.849. The summed E-state index contributed by atoms with van der Waals surface area (Å²) in [6, 6.07) is 1.69. The van der Waals surface area contributed by atoms with Gasteiger partial charge in [-0.25, -0.2) is 8.42 Å².